The fraction of sp³-hybridized carbons (Fsp3) is 0.333. The predicted molar refractivity (Wildman–Crippen MR) is 86.8 cm³/mol. The molecule has 0 saturated carbocycles. The molecular formula is C15H19N3O2S. The second kappa shape index (κ2) is 5.73. The van der Waals surface area contributed by atoms with Gasteiger partial charge in [0.25, 0.3) is 0 Å². The van der Waals surface area contributed by atoms with E-state index in [2.05, 4.69) is 10.3 Å². The standard InChI is InChI=1S/C15H19N3O2S/c1-15(2,13(19)20)12-9-21-14(17-12)16-10-5-7-11(8-6-10)18(3)4/h5-9H,1-4H3,(H,16,17)(H,19,20). The summed E-state index contributed by atoms with van der Waals surface area (Å²) in [7, 11) is 3.98. The van der Waals surface area contributed by atoms with Gasteiger partial charge < -0.3 is 15.3 Å². The van der Waals surface area contributed by atoms with Gasteiger partial charge in [0.05, 0.1) is 5.69 Å². The van der Waals surface area contributed by atoms with Crippen LogP contribution >= 0.6 is 11.3 Å². The van der Waals surface area contributed by atoms with E-state index in [-0.39, 0.29) is 0 Å². The highest BCUT2D eigenvalue weighted by atomic mass is 32.1. The highest BCUT2D eigenvalue weighted by molar-refractivity contribution is 7.13. The molecule has 1 aromatic carbocycles. The first-order valence-corrected chi connectivity index (χ1v) is 7.42. The first kappa shape index (κ1) is 15.3. The maximum Gasteiger partial charge on any atom is 0.315 e. The second-order valence-electron chi connectivity index (χ2n) is 5.53. The molecule has 0 atom stereocenters. The van der Waals surface area contributed by atoms with Crippen molar-refractivity contribution >= 4 is 33.8 Å². The van der Waals surface area contributed by atoms with Crippen LogP contribution in [-0.4, -0.2) is 30.2 Å². The third-order valence-electron chi connectivity index (χ3n) is 3.31. The number of hydrogen-bond acceptors (Lipinski definition) is 5. The average Bonchev–Trinajstić information content (AvgIpc) is 2.88. The zero-order valence-corrected chi connectivity index (χ0v) is 13.4. The molecule has 2 rings (SSSR count). The number of nitrogens with one attached hydrogen (secondary N) is 1. The highest BCUT2D eigenvalue weighted by Crippen LogP contribution is 2.29. The molecule has 1 aromatic heterocycles. The minimum atomic E-state index is -0.981. The van der Waals surface area contributed by atoms with Crippen molar-refractivity contribution in [3.8, 4) is 0 Å². The molecule has 0 amide bonds. The Hall–Kier alpha value is -2.08. The number of aliphatic carboxylic acids is 1. The van der Waals surface area contributed by atoms with Crippen LogP contribution in [0.15, 0.2) is 29.6 Å². The van der Waals surface area contributed by atoms with Crippen LogP contribution in [0.2, 0.25) is 0 Å². The molecule has 6 heteroatoms. The van der Waals surface area contributed by atoms with Gasteiger partial charge in [-0.2, -0.15) is 0 Å². The third kappa shape index (κ3) is 3.33. The van der Waals surface area contributed by atoms with Crippen LogP contribution < -0.4 is 10.2 Å². The minimum Gasteiger partial charge on any atom is -0.481 e. The largest absolute Gasteiger partial charge is 0.481 e. The first-order valence-electron chi connectivity index (χ1n) is 6.54. The topological polar surface area (TPSA) is 65.5 Å². The highest BCUT2D eigenvalue weighted by Gasteiger charge is 2.32. The normalized spacial score (nSPS) is 11.2. The zero-order chi connectivity index (χ0) is 15.6. The van der Waals surface area contributed by atoms with Crippen LogP contribution in [0.5, 0.6) is 0 Å². The molecule has 21 heavy (non-hydrogen) atoms. The lowest BCUT2D eigenvalue weighted by Gasteiger charge is -2.15. The molecule has 2 aromatic rings. The molecule has 5 nitrogen and oxygen atoms in total. The number of carboxylic acids is 1. The summed E-state index contributed by atoms with van der Waals surface area (Å²) < 4.78 is 0. The van der Waals surface area contributed by atoms with Crippen LogP contribution in [0.4, 0.5) is 16.5 Å². The predicted octanol–water partition coefficient (Wildman–Crippen LogP) is 3.31. The Kier molecular flexibility index (Phi) is 4.18. The number of carboxylic acid groups (broad SMARTS) is 1. The summed E-state index contributed by atoms with van der Waals surface area (Å²) in [5.41, 5.74) is 1.63. The Balaban J connectivity index is 2.14. The van der Waals surface area contributed by atoms with E-state index in [1.807, 2.05) is 43.3 Å². The van der Waals surface area contributed by atoms with Crippen molar-refractivity contribution in [2.75, 3.05) is 24.3 Å². The van der Waals surface area contributed by atoms with Gasteiger partial charge in [-0.25, -0.2) is 4.98 Å². The molecule has 0 saturated heterocycles. The Labute approximate surface area is 128 Å². The summed E-state index contributed by atoms with van der Waals surface area (Å²) in [4.78, 5) is 17.6. The van der Waals surface area contributed by atoms with E-state index in [0.717, 1.165) is 11.4 Å². The lowest BCUT2D eigenvalue weighted by Crippen LogP contribution is -2.28. The summed E-state index contributed by atoms with van der Waals surface area (Å²) in [6, 6.07) is 7.97. The molecule has 0 unspecified atom stereocenters. The minimum absolute atomic E-state index is 0.562. The number of rotatable bonds is 5. The zero-order valence-electron chi connectivity index (χ0n) is 12.5. The van der Waals surface area contributed by atoms with Crippen LogP contribution in [0.25, 0.3) is 0 Å². The lowest BCUT2D eigenvalue weighted by molar-refractivity contribution is -0.142. The maximum atomic E-state index is 11.2. The third-order valence-corrected chi connectivity index (χ3v) is 4.07. The fourth-order valence-corrected chi connectivity index (χ4v) is 2.59. The van der Waals surface area contributed by atoms with Crippen molar-refractivity contribution in [1.82, 2.24) is 4.98 Å². The van der Waals surface area contributed by atoms with Crippen LogP contribution in [0, 0.1) is 0 Å². The Morgan fingerprint density at radius 3 is 2.43 bits per heavy atom. The summed E-state index contributed by atoms with van der Waals surface area (Å²) in [6.45, 7) is 3.31. The van der Waals surface area contributed by atoms with Crippen LogP contribution in [-0.2, 0) is 10.2 Å². The van der Waals surface area contributed by atoms with Gasteiger partial charge >= 0.3 is 5.97 Å². The van der Waals surface area contributed by atoms with Crippen molar-refractivity contribution in [3.05, 3.63) is 35.3 Å². The summed E-state index contributed by atoms with van der Waals surface area (Å²) in [5.74, 6) is -0.880. The second-order valence-corrected chi connectivity index (χ2v) is 6.39. The van der Waals surface area contributed by atoms with E-state index in [9.17, 15) is 9.90 Å². The van der Waals surface area contributed by atoms with Gasteiger partial charge in [-0.1, -0.05) is 0 Å². The number of anilines is 3. The summed E-state index contributed by atoms with van der Waals surface area (Å²) in [5, 5.41) is 14.9. The Morgan fingerprint density at radius 2 is 1.90 bits per heavy atom. The van der Waals surface area contributed by atoms with Gasteiger partial charge in [-0.3, -0.25) is 4.79 Å². The number of thiazole rings is 1. The summed E-state index contributed by atoms with van der Waals surface area (Å²) in [6.07, 6.45) is 0. The average molecular weight is 305 g/mol. The van der Waals surface area contributed by atoms with Gasteiger partial charge in [0, 0.05) is 30.9 Å². The number of benzene rings is 1. The van der Waals surface area contributed by atoms with Crippen molar-refractivity contribution in [1.29, 1.82) is 0 Å². The summed E-state index contributed by atoms with van der Waals surface area (Å²) >= 11 is 1.40. The van der Waals surface area contributed by atoms with Gasteiger partial charge in [0.1, 0.15) is 5.41 Å². The number of carbonyl (C=O) groups is 1. The van der Waals surface area contributed by atoms with Crippen molar-refractivity contribution in [3.63, 3.8) is 0 Å². The Bertz CT molecular complexity index is 633. The SMILES string of the molecule is CN(C)c1ccc(Nc2nc(C(C)(C)C(=O)O)cs2)cc1. The van der Waals surface area contributed by atoms with Crippen molar-refractivity contribution < 1.29 is 9.90 Å². The van der Waals surface area contributed by atoms with Gasteiger partial charge in [0.2, 0.25) is 0 Å². The molecule has 0 bridgehead atoms. The number of aromatic nitrogens is 1. The van der Waals surface area contributed by atoms with Crippen LogP contribution in [0.3, 0.4) is 0 Å². The van der Waals surface area contributed by atoms with Crippen LogP contribution in [0.1, 0.15) is 19.5 Å². The van der Waals surface area contributed by atoms with E-state index in [0.29, 0.717) is 10.8 Å². The smallest absolute Gasteiger partial charge is 0.315 e. The van der Waals surface area contributed by atoms with Gasteiger partial charge in [0.15, 0.2) is 5.13 Å². The van der Waals surface area contributed by atoms with Crippen molar-refractivity contribution in [2.45, 2.75) is 19.3 Å². The molecular weight excluding hydrogens is 286 g/mol. The first-order chi connectivity index (χ1) is 9.80. The van der Waals surface area contributed by atoms with E-state index in [1.54, 1.807) is 19.2 Å². The molecule has 0 spiro atoms. The molecule has 0 fully saturated rings. The molecule has 1 heterocycles. The molecule has 2 N–H and O–H groups in total. The van der Waals surface area contributed by atoms with E-state index in [4.69, 9.17) is 0 Å². The monoisotopic (exact) mass is 305 g/mol. The quantitative estimate of drug-likeness (QED) is 0.887. The van der Waals surface area contributed by atoms with E-state index < -0.39 is 11.4 Å². The molecule has 112 valence electrons. The number of nitrogens with zero attached hydrogens (tertiary/aromatic N) is 2. The number of hydrogen-bond donors (Lipinski definition) is 2. The molecule has 0 radical (unpaired) electrons. The van der Waals surface area contributed by atoms with Gasteiger partial charge in [-0.15, -0.1) is 11.3 Å². The van der Waals surface area contributed by atoms with E-state index in [1.165, 1.54) is 11.3 Å². The maximum absolute atomic E-state index is 11.2. The van der Waals surface area contributed by atoms with E-state index >= 15 is 0 Å². The fourth-order valence-electron chi connectivity index (χ4n) is 1.69. The molecule has 0 aliphatic heterocycles. The molecule has 0 aliphatic carbocycles. The van der Waals surface area contributed by atoms with Gasteiger partial charge in [-0.05, 0) is 38.1 Å². The lowest BCUT2D eigenvalue weighted by atomic mass is 9.90. The molecule has 0 aliphatic rings. The Morgan fingerprint density at radius 1 is 1.29 bits per heavy atom. The van der Waals surface area contributed by atoms with Crippen molar-refractivity contribution in [2.24, 2.45) is 0 Å².